The van der Waals surface area contributed by atoms with E-state index in [-0.39, 0.29) is 5.91 Å². The molecule has 1 amide bonds. The summed E-state index contributed by atoms with van der Waals surface area (Å²) in [6, 6.07) is 8.71. The van der Waals surface area contributed by atoms with Gasteiger partial charge in [0.15, 0.2) is 0 Å². The second kappa shape index (κ2) is 7.05. The lowest BCUT2D eigenvalue weighted by Gasteiger charge is -2.14. The topological polar surface area (TPSA) is 78.4 Å². The van der Waals surface area contributed by atoms with Gasteiger partial charge in [0.05, 0.1) is 0 Å². The molecule has 0 bridgehead atoms. The van der Waals surface area contributed by atoms with Crippen LogP contribution in [0.2, 0.25) is 0 Å². The third-order valence-corrected chi connectivity index (χ3v) is 3.25. The van der Waals surface area contributed by atoms with Crippen LogP contribution >= 0.6 is 0 Å². The molecule has 1 atom stereocenters. The molecule has 1 fully saturated rings. The summed E-state index contributed by atoms with van der Waals surface area (Å²) in [5.74, 6) is -0.848. The highest BCUT2D eigenvalue weighted by Gasteiger charge is 2.23. The highest BCUT2D eigenvalue weighted by Crippen LogP contribution is 2.18. The van der Waals surface area contributed by atoms with Crippen LogP contribution in [0.25, 0.3) is 0 Å². The molecule has 0 heterocycles. The lowest BCUT2D eigenvalue weighted by Crippen LogP contribution is -2.30. The summed E-state index contributed by atoms with van der Waals surface area (Å²) in [5.41, 5.74) is 0.724. The number of benzene rings is 1. The van der Waals surface area contributed by atoms with Gasteiger partial charge in [-0.1, -0.05) is 30.3 Å². The minimum atomic E-state index is -0.904. The first-order chi connectivity index (χ1) is 9.66. The van der Waals surface area contributed by atoms with Gasteiger partial charge in [-0.2, -0.15) is 0 Å². The van der Waals surface area contributed by atoms with Crippen LogP contribution in [0.4, 0.5) is 0 Å². The smallest absolute Gasteiger partial charge is 0.325 e. The fraction of sp³-hybridized carbons (Fsp3) is 0.467. The number of hydrogen-bond acceptors (Lipinski definition) is 3. The van der Waals surface area contributed by atoms with E-state index in [1.54, 1.807) is 12.1 Å². The van der Waals surface area contributed by atoms with Crippen LogP contribution in [-0.4, -0.2) is 29.6 Å². The maximum absolute atomic E-state index is 11.5. The van der Waals surface area contributed by atoms with Gasteiger partial charge >= 0.3 is 5.97 Å². The van der Waals surface area contributed by atoms with Crippen molar-refractivity contribution in [3.8, 4) is 0 Å². The first kappa shape index (κ1) is 14.5. The fourth-order valence-electron chi connectivity index (χ4n) is 2.02. The Kier molecular flexibility index (Phi) is 5.12. The summed E-state index contributed by atoms with van der Waals surface area (Å²) >= 11 is 0. The number of hydrogen-bond donors (Lipinski definition) is 3. The van der Waals surface area contributed by atoms with Crippen molar-refractivity contribution in [1.29, 1.82) is 0 Å². The molecule has 1 aliphatic carbocycles. The Balaban J connectivity index is 1.72. The Morgan fingerprint density at radius 1 is 1.25 bits per heavy atom. The van der Waals surface area contributed by atoms with Gasteiger partial charge in [0, 0.05) is 12.5 Å². The molecular formula is C15H20N2O3. The van der Waals surface area contributed by atoms with Crippen molar-refractivity contribution in [2.24, 2.45) is 0 Å². The molecule has 20 heavy (non-hydrogen) atoms. The SMILES string of the molecule is O=C(CCCNC(C(=O)O)c1ccccc1)NC1CC1. The molecule has 0 radical (unpaired) electrons. The quantitative estimate of drug-likeness (QED) is 0.628. The van der Waals surface area contributed by atoms with E-state index in [0.29, 0.717) is 25.4 Å². The Hall–Kier alpha value is -1.88. The van der Waals surface area contributed by atoms with Gasteiger partial charge in [-0.05, 0) is 31.4 Å². The second-order valence-electron chi connectivity index (χ2n) is 5.08. The van der Waals surface area contributed by atoms with Gasteiger partial charge < -0.3 is 15.7 Å². The maximum atomic E-state index is 11.5. The molecule has 5 heteroatoms. The number of carbonyl (C=O) groups is 2. The third kappa shape index (κ3) is 4.66. The first-order valence-electron chi connectivity index (χ1n) is 6.97. The van der Waals surface area contributed by atoms with Crippen molar-refractivity contribution in [3.05, 3.63) is 35.9 Å². The van der Waals surface area contributed by atoms with Crippen molar-refractivity contribution in [2.45, 2.75) is 37.8 Å². The highest BCUT2D eigenvalue weighted by molar-refractivity contribution is 5.76. The van der Waals surface area contributed by atoms with Gasteiger partial charge in [-0.3, -0.25) is 9.59 Å². The Labute approximate surface area is 118 Å². The van der Waals surface area contributed by atoms with E-state index in [2.05, 4.69) is 10.6 Å². The van der Waals surface area contributed by atoms with Gasteiger partial charge in [0.1, 0.15) is 6.04 Å². The number of carboxylic acids is 1. The molecule has 3 N–H and O–H groups in total. The van der Waals surface area contributed by atoms with Crippen LogP contribution in [0.1, 0.15) is 37.3 Å². The summed E-state index contributed by atoms with van der Waals surface area (Å²) in [4.78, 5) is 22.7. The minimum Gasteiger partial charge on any atom is -0.480 e. The van der Waals surface area contributed by atoms with Crippen molar-refractivity contribution in [2.75, 3.05) is 6.54 Å². The number of carbonyl (C=O) groups excluding carboxylic acids is 1. The lowest BCUT2D eigenvalue weighted by molar-refractivity contribution is -0.139. The van der Waals surface area contributed by atoms with E-state index in [0.717, 1.165) is 18.4 Å². The summed E-state index contributed by atoms with van der Waals surface area (Å²) < 4.78 is 0. The van der Waals surface area contributed by atoms with Gasteiger partial charge in [0.2, 0.25) is 5.91 Å². The normalized spacial score (nSPS) is 15.6. The monoisotopic (exact) mass is 276 g/mol. The summed E-state index contributed by atoms with van der Waals surface area (Å²) in [6.45, 7) is 0.504. The van der Waals surface area contributed by atoms with Crippen molar-refractivity contribution in [3.63, 3.8) is 0 Å². The number of carboxylic acid groups (broad SMARTS) is 1. The molecule has 1 aliphatic rings. The predicted molar refractivity (Wildman–Crippen MR) is 75.2 cm³/mol. The van der Waals surface area contributed by atoms with E-state index < -0.39 is 12.0 Å². The van der Waals surface area contributed by atoms with E-state index in [1.165, 1.54) is 0 Å². The molecule has 0 aromatic heterocycles. The van der Waals surface area contributed by atoms with Gasteiger partial charge in [0.25, 0.3) is 0 Å². The Morgan fingerprint density at radius 2 is 1.95 bits per heavy atom. The largest absolute Gasteiger partial charge is 0.480 e. The molecule has 5 nitrogen and oxygen atoms in total. The molecule has 0 saturated heterocycles. The summed E-state index contributed by atoms with van der Waals surface area (Å²) in [7, 11) is 0. The van der Waals surface area contributed by atoms with Crippen LogP contribution < -0.4 is 10.6 Å². The average Bonchev–Trinajstić information content (AvgIpc) is 3.23. The summed E-state index contributed by atoms with van der Waals surface area (Å²) in [5, 5.41) is 15.1. The van der Waals surface area contributed by atoms with Crippen molar-refractivity contribution in [1.82, 2.24) is 10.6 Å². The molecule has 108 valence electrons. The molecule has 0 spiro atoms. The van der Waals surface area contributed by atoms with E-state index in [9.17, 15) is 14.7 Å². The standard InChI is InChI=1S/C15H20N2O3/c18-13(17-12-8-9-12)7-4-10-16-14(15(19)20)11-5-2-1-3-6-11/h1-3,5-6,12,14,16H,4,7-10H2,(H,17,18)(H,19,20). The van der Waals surface area contributed by atoms with Gasteiger partial charge in [-0.25, -0.2) is 0 Å². The molecule has 0 aliphatic heterocycles. The minimum absolute atomic E-state index is 0.0564. The zero-order chi connectivity index (χ0) is 14.4. The van der Waals surface area contributed by atoms with Crippen LogP contribution in [0, 0.1) is 0 Å². The molecular weight excluding hydrogens is 256 g/mol. The van der Waals surface area contributed by atoms with Crippen LogP contribution in [-0.2, 0) is 9.59 Å². The lowest BCUT2D eigenvalue weighted by atomic mass is 10.1. The van der Waals surface area contributed by atoms with Crippen LogP contribution in [0.5, 0.6) is 0 Å². The molecule has 1 aromatic carbocycles. The Bertz CT molecular complexity index is 457. The number of amides is 1. The van der Waals surface area contributed by atoms with Crippen molar-refractivity contribution >= 4 is 11.9 Å². The predicted octanol–water partition coefficient (Wildman–Crippen LogP) is 1.46. The summed E-state index contributed by atoms with van der Waals surface area (Å²) in [6.07, 6.45) is 3.23. The zero-order valence-electron chi connectivity index (χ0n) is 11.3. The van der Waals surface area contributed by atoms with Crippen LogP contribution in [0.15, 0.2) is 30.3 Å². The van der Waals surface area contributed by atoms with Crippen LogP contribution in [0.3, 0.4) is 0 Å². The van der Waals surface area contributed by atoms with Crippen molar-refractivity contribution < 1.29 is 14.7 Å². The van der Waals surface area contributed by atoms with E-state index >= 15 is 0 Å². The van der Waals surface area contributed by atoms with E-state index in [1.807, 2.05) is 18.2 Å². The zero-order valence-corrected chi connectivity index (χ0v) is 11.3. The number of aliphatic carboxylic acids is 1. The number of rotatable bonds is 8. The number of nitrogens with one attached hydrogen (secondary N) is 2. The fourth-order valence-corrected chi connectivity index (χ4v) is 2.02. The highest BCUT2D eigenvalue weighted by atomic mass is 16.4. The molecule has 2 rings (SSSR count). The molecule has 1 aromatic rings. The van der Waals surface area contributed by atoms with Gasteiger partial charge in [-0.15, -0.1) is 0 Å². The molecule has 1 saturated carbocycles. The second-order valence-corrected chi connectivity index (χ2v) is 5.08. The average molecular weight is 276 g/mol. The Morgan fingerprint density at radius 3 is 2.55 bits per heavy atom. The molecule has 1 unspecified atom stereocenters. The first-order valence-corrected chi connectivity index (χ1v) is 6.97. The van der Waals surface area contributed by atoms with E-state index in [4.69, 9.17) is 0 Å². The maximum Gasteiger partial charge on any atom is 0.325 e. The third-order valence-electron chi connectivity index (χ3n) is 3.25.